The van der Waals surface area contributed by atoms with Crippen LogP contribution in [-0.2, 0) is 4.79 Å². The van der Waals surface area contributed by atoms with E-state index in [1.807, 2.05) is 13.8 Å². The Kier molecular flexibility index (Phi) is 5.47. The number of hydrogen-bond acceptors (Lipinski definition) is 2. The summed E-state index contributed by atoms with van der Waals surface area (Å²) >= 11 is 0. The molecular weight excluding hydrogens is 200 g/mol. The Hall–Kier alpha value is -0.570. The van der Waals surface area contributed by atoms with Crippen molar-refractivity contribution in [2.45, 2.75) is 66.5 Å². The molecule has 1 saturated carbocycles. The standard InChI is InChI=1S/C12H24N2O.CH4/c1-8(2)10(13)11(15)14-9-5-6-12(3,4)7-9;/h8-10H,5-7,13H2,1-4H3,(H,14,15);1H4. The van der Waals surface area contributed by atoms with E-state index in [1.165, 1.54) is 6.42 Å². The van der Waals surface area contributed by atoms with Crippen molar-refractivity contribution in [2.75, 3.05) is 0 Å². The van der Waals surface area contributed by atoms with Crippen LogP contribution in [0.15, 0.2) is 0 Å². The predicted molar refractivity (Wildman–Crippen MR) is 69.1 cm³/mol. The largest absolute Gasteiger partial charge is 0.352 e. The van der Waals surface area contributed by atoms with Gasteiger partial charge < -0.3 is 11.1 Å². The average molecular weight is 228 g/mol. The summed E-state index contributed by atoms with van der Waals surface area (Å²) in [6, 6.07) is -0.0361. The van der Waals surface area contributed by atoms with Crippen LogP contribution >= 0.6 is 0 Å². The van der Waals surface area contributed by atoms with Gasteiger partial charge in [0.2, 0.25) is 5.91 Å². The Morgan fingerprint density at radius 3 is 2.38 bits per heavy atom. The van der Waals surface area contributed by atoms with E-state index >= 15 is 0 Å². The van der Waals surface area contributed by atoms with E-state index in [1.54, 1.807) is 0 Å². The molecule has 16 heavy (non-hydrogen) atoms. The van der Waals surface area contributed by atoms with Crippen LogP contribution in [0.3, 0.4) is 0 Å². The van der Waals surface area contributed by atoms with Crippen molar-refractivity contribution in [3.8, 4) is 0 Å². The Morgan fingerprint density at radius 2 is 2.00 bits per heavy atom. The highest BCUT2D eigenvalue weighted by Crippen LogP contribution is 2.36. The van der Waals surface area contributed by atoms with Gasteiger partial charge in [0.25, 0.3) is 0 Å². The third-order valence-corrected chi connectivity index (χ3v) is 3.34. The fourth-order valence-corrected chi connectivity index (χ4v) is 2.16. The van der Waals surface area contributed by atoms with Gasteiger partial charge in [-0.25, -0.2) is 0 Å². The summed E-state index contributed by atoms with van der Waals surface area (Å²) in [5, 5.41) is 3.05. The molecule has 0 aromatic rings. The van der Waals surface area contributed by atoms with Crippen LogP contribution in [0.2, 0.25) is 0 Å². The zero-order valence-corrected chi connectivity index (χ0v) is 10.3. The van der Waals surface area contributed by atoms with Crippen molar-refractivity contribution in [3.05, 3.63) is 0 Å². The van der Waals surface area contributed by atoms with Gasteiger partial charge >= 0.3 is 0 Å². The lowest BCUT2D eigenvalue weighted by molar-refractivity contribution is -0.123. The van der Waals surface area contributed by atoms with Gasteiger partial charge in [-0.1, -0.05) is 35.1 Å². The summed E-state index contributed by atoms with van der Waals surface area (Å²) in [5.41, 5.74) is 6.17. The summed E-state index contributed by atoms with van der Waals surface area (Å²) in [7, 11) is 0. The van der Waals surface area contributed by atoms with Crippen molar-refractivity contribution in [1.82, 2.24) is 5.32 Å². The molecule has 3 heteroatoms. The monoisotopic (exact) mass is 228 g/mol. The maximum atomic E-state index is 11.7. The molecule has 96 valence electrons. The number of hydrogen-bond donors (Lipinski definition) is 2. The van der Waals surface area contributed by atoms with Gasteiger partial charge in [-0.3, -0.25) is 4.79 Å². The van der Waals surface area contributed by atoms with Crippen molar-refractivity contribution >= 4 is 5.91 Å². The van der Waals surface area contributed by atoms with Crippen LogP contribution in [0.4, 0.5) is 0 Å². The Balaban J connectivity index is 0.00000225. The van der Waals surface area contributed by atoms with Crippen LogP contribution in [-0.4, -0.2) is 18.0 Å². The molecule has 0 spiro atoms. The molecule has 1 aliphatic carbocycles. The molecule has 1 amide bonds. The SMILES string of the molecule is C.CC(C)C(N)C(=O)NC1CCC(C)(C)C1. The Morgan fingerprint density at radius 1 is 1.44 bits per heavy atom. The first-order valence-corrected chi connectivity index (χ1v) is 5.88. The molecule has 0 bridgehead atoms. The zero-order valence-electron chi connectivity index (χ0n) is 10.3. The fourth-order valence-electron chi connectivity index (χ4n) is 2.16. The van der Waals surface area contributed by atoms with E-state index in [0.29, 0.717) is 11.5 Å². The van der Waals surface area contributed by atoms with Gasteiger partial charge in [0.15, 0.2) is 0 Å². The number of nitrogens with one attached hydrogen (secondary N) is 1. The molecule has 2 unspecified atom stereocenters. The summed E-state index contributed by atoms with van der Waals surface area (Å²) < 4.78 is 0. The first-order chi connectivity index (χ1) is 6.82. The summed E-state index contributed by atoms with van der Waals surface area (Å²) in [6.07, 6.45) is 3.35. The summed E-state index contributed by atoms with van der Waals surface area (Å²) in [6.45, 7) is 8.45. The molecule has 1 fully saturated rings. The molecule has 1 aliphatic rings. The molecule has 1 rings (SSSR count). The van der Waals surface area contributed by atoms with Crippen LogP contribution in [0, 0.1) is 11.3 Å². The second-order valence-corrected chi connectivity index (χ2v) is 5.88. The number of carbonyl (C=O) groups is 1. The summed E-state index contributed by atoms with van der Waals surface area (Å²) in [4.78, 5) is 11.7. The van der Waals surface area contributed by atoms with Crippen molar-refractivity contribution in [2.24, 2.45) is 17.1 Å². The quantitative estimate of drug-likeness (QED) is 0.778. The molecule has 3 N–H and O–H groups in total. The van der Waals surface area contributed by atoms with Crippen LogP contribution in [0.5, 0.6) is 0 Å². The van der Waals surface area contributed by atoms with E-state index in [9.17, 15) is 4.79 Å². The van der Waals surface area contributed by atoms with Gasteiger partial charge in [0.1, 0.15) is 0 Å². The maximum absolute atomic E-state index is 11.7. The minimum absolute atomic E-state index is 0. The number of carbonyl (C=O) groups excluding carboxylic acids is 1. The van der Waals surface area contributed by atoms with E-state index in [2.05, 4.69) is 19.2 Å². The second kappa shape index (κ2) is 5.67. The van der Waals surface area contributed by atoms with Crippen molar-refractivity contribution in [1.29, 1.82) is 0 Å². The lowest BCUT2D eigenvalue weighted by Gasteiger charge is -2.21. The Bertz CT molecular complexity index is 236. The fraction of sp³-hybridized carbons (Fsp3) is 0.923. The third kappa shape index (κ3) is 4.12. The predicted octanol–water partition coefficient (Wildman–Crippen LogP) is 2.30. The van der Waals surface area contributed by atoms with Gasteiger partial charge in [0, 0.05) is 6.04 Å². The first-order valence-electron chi connectivity index (χ1n) is 5.88. The molecule has 0 aromatic heterocycles. The zero-order chi connectivity index (χ0) is 11.6. The lowest BCUT2D eigenvalue weighted by Crippen LogP contribution is -2.47. The number of nitrogens with two attached hydrogens (primary N) is 1. The van der Waals surface area contributed by atoms with Gasteiger partial charge in [-0.15, -0.1) is 0 Å². The lowest BCUT2D eigenvalue weighted by atomic mass is 9.92. The van der Waals surface area contributed by atoms with E-state index < -0.39 is 0 Å². The first kappa shape index (κ1) is 15.4. The third-order valence-electron chi connectivity index (χ3n) is 3.34. The number of amides is 1. The number of rotatable bonds is 3. The van der Waals surface area contributed by atoms with E-state index in [0.717, 1.165) is 12.8 Å². The highest BCUT2D eigenvalue weighted by molar-refractivity contribution is 5.82. The normalized spacial score (nSPS) is 25.0. The molecule has 0 aliphatic heterocycles. The van der Waals surface area contributed by atoms with Gasteiger partial charge in [-0.2, -0.15) is 0 Å². The summed E-state index contributed by atoms with van der Waals surface area (Å²) in [5.74, 6) is 0.215. The molecule has 0 aromatic carbocycles. The highest BCUT2D eigenvalue weighted by atomic mass is 16.2. The van der Waals surface area contributed by atoms with Gasteiger partial charge in [0.05, 0.1) is 6.04 Å². The van der Waals surface area contributed by atoms with E-state index in [-0.39, 0.29) is 25.3 Å². The minimum atomic E-state index is -0.367. The van der Waals surface area contributed by atoms with Crippen LogP contribution in [0.25, 0.3) is 0 Å². The molecule has 2 atom stereocenters. The molecule has 0 saturated heterocycles. The Labute approximate surface area is 100 Å². The average Bonchev–Trinajstić information content (AvgIpc) is 2.43. The topological polar surface area (TPSA) is 55.1 Å². The van der Waals surface area contributed by atoms with Gasteiger partial charge in [-0.05, 0) is 30.6 Å². The van der Waals surface area contributed by atoms with Crippen molar-refractivity contribution < 1.29 is 4.79 Å². The highest BCUT2D eigenvalue weighted by Gasteiger charge is 2.32. The van der Waals surface area contributed by atoms with Crippen LogP contribution < -0.4 is 11.1 Å². The second-order valence-electron chi connectivity index (χ2n) is 5.88. The molecule has 0 heterocycles. The molecule has 3 nitrogen and oxygen atoms in total. The van der Waals surface area contributed by atoms with E-state index in [4.69, 9.17) is 5.73 Å². The smallest absolute Gasteiger partial charge is 0.237 e. The molecule has 0 radical (unpaired) electrons. The molecular formula is C13H28N2O. The van der Waals surface area contributed by atoms with Crippen molar-refractivity contribution in [3.63, 3.8) is 0 Å². The minimum Gasteiger partial charge on any atom is -0.352 e. The van der Waals surface area contributed by atoms with Crippen LogP contribution in [0.1, 0.15) is 54.4 Å². The maximum Gasteiger partial charge on any atom is 0.237 e.